The second-order valence-electron chi connectivity index (χ2n) is 4.35. The fraction of sp³-hybridized carbons (Fsp3) is 0.267. The van der Waals surface area contributed by atoms with Crippen LogP contribution in [0, 0.1) is 12.3 Å². The van der Waals surface area contributed by atoms with Crippen LogP contribution < -0.4 is 16.4 Å². The standard InChI is InChI=1S/C15H17N3O4/c1-2-6-12(14(16)20)18-13(19)9-17-15(21)22-10-11-7-4-3-5-8-11/h1,3-5,7-8,12H,6,9-10H2,(H2,16,20)(H,17,21)(H,18,19)/t12-/m0/s1. The van der Waals surface area contributed by atoms with E-state index in [0.717, 1.165) is 5.56 Å². The van der Waals surface area contributed by atoms with Crippen LogP contribution in [0.4, 0.5) is 4.79 Å². The van der Waals surface area contributed by atoms with Crippen molar-refractivity contribution in [3.63, 3.8) is 0 Å². The van der Waals surface area contributed by atoms with Crippen LogP contribution in [0.3, 0.4) is 0 Å². The van der Waals surface area contributed by atoms with E-state index in [4.69, 9.17) is 16.9 Å². The van der Waals surface area contributed by atoms with E-state index in [2.05, 4.69) is 16.6 Å². The van der Waals surface area contributed by atoms with Crippen LogP contribution in [0.5, 0.6) is 0 Å². The maximum Gasteiger partial charge on any atom is 0.407 e. The number of hydrogen-bond donors (Lipinski definition) is 3. The smallest absolute Gasteiger partial charge is 0.407 e. The molecule has 116 valence electrons. The minimum atomic E-state index is -0.959. The van der Waals surface area contributed by atoms with Gasteiger partial charge in [0.1, 0.15) is 19.2 Å². The fourth-order valence-electron chi connectivity index (χ4n) is 1.51. The molecule has 0 saturated heterocycles. The Kier molecular flexibility index (Phi) is 6.99. The molecule has 1 aromatic carbocycles. The molecule has 1 rings (SSSR count). The largest absolute Gasteiger partial charge is 0.445 e. The van der Waals surface area contributed by atoms with E-state index >= 15 is 0 Å². The molecule has 0 fully saturated rings. The van der Waals surface area contributed by atoms with Gasteiger partial charge in [-0.05, 0) is 5.56 Å². The number of rotatable bonds is 7. The highest BCUT2D eigenvalue weighted by atomic mass is 16.5. The van der Waals surface area contributed by atoms with Crippen LogP contribution in [0.15, 0.2) is 30.3 Å². The van der Waals surface area contributed by atoms with Crippen LogP contribution >= 0.6 is 0 Å². The van der Waals surface area contributed by atoms with Crippen molar-refractivity contribution in [3.8, 4) is 12.3 Å². The lowest BCUT2D eigenvalue weighted by atomic mass is 10.2. The van der Waals surface area contributed by atoms with Gasteiger partial charge in [-0.2, -0.15) is 0 Å². The number of amides is 3. The monoisotopic (exact) mass is 303 g/mol. The molecule has 0 aliphatic carbocycles. The number of nitrogens with one attached hydrogen (secondary N) is 2. The average molecular weight is 303 g/mol. The predicted molar refractivity (Wildman–Crippen MR) is 79.2 cm³/mol. The molecule has 3 amide bonds. The van der Waals surface area contributed by atoms with Gasteiger partial charge >= 0.3 is 6.09 Å². The van der Waals surface area contributed by atoms with Gasteiger partial charge in [0.15, 0.2) is 0 Å². The summed E-state index contributed by atoms with van der Waals surface area (Å²) >= 11 is 0. The second kappa shape index (κ2) is 9.02. The zero-order valence-electron chi connectivity index (χ0n) is 11.9. The molecule has 1 aromatic rings. The van der Waals surface area contributed by atoms with Gasteiger partial charge in [-0.1, -0.05) is 30.3 Å². The van der Waals surface area contributed by atoms with Crippen molar-refractivity contribution in [2.45, 2.75) is 19.1 Å². The van der Waals surface area contributed by atoms with Gasteiger partial charge in [-0.15, -0.1) is 12.3 Å². The molecule has 0 spiro atoms. The molecule has 7 heteroatoms. The second-order valence-corrected chi connectivity index (χ2v) is 4.35. The van der Waals surface area contributed by atoms with Crippen molar-refractivity contribution in [1.82, 2.24) is 10.6 Å². The van der Waals surface area contributed by atoms with Gasteiger partial charge in [0.05, 0.1) is 0 Å². The Balaban J connectivity index is 2.30. The summed E-state index contributed by atoms with van der Waals surface area (Å²) in [7, 11) is 0. The van der Waals surface area contributed by atoms with Gasteiger partial charge in [-0.3, -0.25) is 9.59 Å². The lowest BCUT2D eigenvalue weighted by Crippen LogP contribution is -2.47. The normalized spacial score (nSPS) is 10.9. The first-order chi connectivity index (χ1) is 10.5. The van der Waals surface area contributed by atoms with E-state index in [0.29, 0.717) is 0 Å². The van der Waals surface area contributed by atoms with Gasteiger partial charge in [-0.25, -0.2) is 4.79 Å². The Morgan fingerprint density at radius 2 is 1.95 bits per heavy atom. The summed E-state index contributed by atoms with van der Waals surface area (Å²) in [5, 5.41) is 4.58. The van der Waals surface area contributed by atoms with E-state index in [-0.39, 0.29) is 19.6 Å². The highest BCUT2D eigenvalue weighted by Crippen LogP contribution is 2.00. The summed E-state index contributed by atoms with van der Waals surface area (Å²) in [5.74, 6) is 0.905. The van der Waals surface area contributed by atoms with Crippen molar-refractivity contribution in [2.24, 2.45) is 5.73 Å². The van der Waals surface area contributed by atoms with E-state index in [1.807, 2.05) is 18.2 Å². The van der Waals surface area contributed by atoms with Gasteiger partial charge in [0.25, 0.3) is 0 Å². The summed E-state index contributed by atoms with van der Waals surface area (Å²) < 4.78 is 4.92. The fourth-order valence-corrected chi connectivity index (χ4v) is 1.51. The SMILES string of the molecule is C#CC[C@H](NC(=O)CNC(=O)OCc1ccccc1)C(N)=O. The van der Waals surface area contributed by atoms with Crippen molar-refractivity contribution in [2.75, 3.05) is 6.54 Å². The number of benzene rings is 1. The minimum absolute atomic E-state index is 0.0144. The number of alkyl carbamates (subject to hydrolysis) is 1. The van der Waals surface area contributed by atoms with Crippen LogP contribution in [0.1, 0.15) is 12.0 Å². The number of carbonyl (C=O) groups excluding carboxylic acids is 3. The molecule has 0 saturated carbocycles. The lowest BCUT2D eigenvalue weighted by Gasteiger charge is -2.13. The molecule has 0 radical (unpaired) electrons. The quantitative estimate of drug-likeness (QED) is 0.611. The topological polar surface area (TPSA) is 111 Å². The number of carbonyl (C=O) groups is 3. The van der Waals surface area contributed by atoms with Gasteiger partial charge in [0, 0.05) is 6.42 Å². The van der Waals surface area contributed by atoms with Crippen molar-refractivity contribution >= 4 is 17.9 Å². The average Bonchev–Trinajstić information content (AvgIpc) is 2.51. The maximum absolute atomic E-state index is 11.6. The first-order valence-corrected chi connectivity index (χ1v) is 6.49. The lowest BCUT2D eigenvalue weighted by molar-refractivity contribution is -0.126. The molecule has 0 aliphatic heterocycles. The molecule has 0 heterocycles. The molecule has 22 heavy (non-hydrogen) atoms. The maximum atomic E-state index is 11.6. The molecule has 0 aliphatic rings. The number of ether oxygens (including phenoxy) is 1. The highest BCUT2D eigenvalue weighted by Gasteiger charge is 2.17. The van der Waals surface area contributed by atoms with Gasteiger partial charge in [0.2, 0.25) is 11.8 Å². The Morgan fingerprint density at radius 1 is 1.27 bits per heavy atom. The highest BCUT2D eigenvalue weighted by molar-refractivity contribution is 5.88. The van der Waals surface area contributed by atoms with E-state index in [1.54, 1.807) is 12.1 Å². The molecule has 0 unspecified atom stereocenters. The van der Waals surface area contributed by atoms with E-state index in [1.165, 1.54) is 0 Å². The Hall–Kier alpha value is -3.01. The molecular weight excluding hydrogens is 286 g/mol. The molecular formula is C15H17N3O4. The molecule has 0 bridgehead atoms. The Bertz CT molecular complexity index is 566. The van der Waals surface area contributed by atoms with Crippen LogP contribution in [0.2, 0.25) is 0 Å². The number of terminal acetylenes is 1. The minimum Gasteiger partial charge on any atom is -0.445 e. The van der Waals surface area contributed by atoms with Crippen molar-refractivity contribution < 1.29 is 19.1 Å². The predicted octanol–water partition coefficient (Wildman–Crippen LogP) is -0.0938. The van der Waals surface area contributed by atoms with Crippen LogP contribution in [-0.4, -0.2) is 30.5 Å². The molecule has 7 nitrogen and oxygen atoms in total. The number of hydrogen-bond acceptors (Lipinski definition) is 4. The van der Waals surface area contributed by atoms with Crippen molar-refractivity contribution in [3.05, 3.63) is 35.9 Å². The molecule has 1 atom stereocenters. The third-order valence-electron chi connectivity index (χ3n) is 2.61. The summed E-state index contributed by atoms with van der Waals surface area (Å²) in [4.78, 5) is 34.0. The summed E-state index contributed by atoms with van der Waals surface area (Å²) in [6, 6.07) is 8.13. The summed E-state index contributed by atoms with van der Waals surface area (Å²) in [6.45, 7) is -0.253. The zero-order valence-corrected chi connectivity index (χ0v) is 11.9. The third kappa shape index (κ3) is 6.43. The molecule has 0 aromatic heterocycles. The number of primary amides is 1. The van der Waals surface area contributed by atoms with E-state index in [9.17, 15) is 14.4 Å². The molecule has 4 N–H and O–H groups in total. The first kappa shape index (κ1) is 17.0. The van der Waals surface area contributed by atoms with E-state index < -0.39 is 23.9 Å². The Labute approximate surface area is 128 Å². The zero-order chi connectivity index (χ0) is 16.4. The van der Waals surface area contributed by atoms with Crippen LogP contribution in [0.25, 0.3) is 0 Å². The number of nitrogens with two attached hydrogens (primary N) is 1. The summed E-state index contributed by atoms with van der Waals surface area (Å²) in [5.41, 5.74) is 5.90. The van der Waals surface area contributed by atoms with Crippen LogP contribution in [-0.2, 0) is 20.9 Å². The van der Waals surface area contributed by atoms with Crippen molar-refractivity contribution in [1.29, 1.82) is 0 Å². The van der Waals surface area contributed by atoms with Gasteiger partial charge < -0.3 is 21.1 Å². The summed E-state index contributed by atoms with van der Waals surface area (Å²) in [6.07, 6.45) is 4.30. The Morgan fingerprint density at radius 3 is 2.55 bits per heavy atom. The first-order valence-electron chi connectivity index (χ1n) is 6.49. The third-order valence-corrected chi connectivity index (χ3v) is 2.61.